The molecule has 3 aromatic heterocycles. The molecule has 0 aliphatic carbocycles. The molecule has 6 heteroatoms. The van der Waals surface area contributed by atoms with E-state index in [2.05, 4.69) is 25.3 Å². The van der Waals surface area contributed by atoms with Crippen molar-refractivity contribution in [2.24, 2.45) is 0 Å². The van der Waals surface area contributed by atoms with Gasteiger partial charge in [-0.3, -0.25) is 0 Å². The number of imidazole rings is 1. The fourth-order valence-corrected chi connectivity index (χ4v) is 2.42. The van der Waals surface area contributed by atoms with Crippen molar-refractivity contribution < 1.29 is 4.42 Å². The van der Waals surface area contributed by atoms with Gasteiger partial charge < -0.3 is 14.7 Å². The summed E-state index contributed by atoms with van der Waals surface area (Å²) in [4.78, 5) is 16.0. The van der Waals surface area contributed by atoms with E-state index in [1.54, 1.807) is 18.6 Å². The van der Waals surface area contributed by atoms with Crippen molar-refractivity contribution in [3.63, 3.8) is 0 Å². The summed E-state index contributed by atoms with van der Waals surface area (Å²) in [5.41, 5.74) is 3.64. The molecule has 108 valence electrons. The molecule has 0 bridgehead atoms. The lowest BCUT2D eigenvalue weighted by atomic mass is 10.2. The highest BCUT2D eigenvalue weighted by atomic mass is 16.3. The van der Waals surface area contributed by atoms with Crippen molar-refractivity contribution in [2.45, 2.75) is 6.54 Å². The summed E-state index contributed by atoms with van der Waals surface area (Å²) in [6, 6.07) is 9.75. The number of para-hydroxylation sites is 1. The van der Waals surface area contributed by atoms with Crippen LogP contribution in [0.2, 0.25) is 0 Å². The molecule has 0 fully saturated rings. The number of benzene rings is 1. The van der Waals surface area contributed by atoms with Crippen LogP contribution < -0.4 is 5.32 Å². The van der Waals surface area contributed by atoms with Gasteiger partial charge in [0.2, 0.25) is 0 Å². The summed E-state index contributed by atoms with van der Waals surface area (Å²) in [7, 11) is 0. The van der Waals surface area contributed by atoms with E-state index in [0.29, 0.717) is 6.54 Å². The van der Waals surface area contributed by atoms with E-state index in [1.807, 2.05) is 30.3 Å². The first-order chi connectivity index (χ1) is 10.9. The topological polar surface area (TPSA) is 79.6 Å². The molecule has 0 aliphatic heterocycles. The number of aromatic amines is 1. The Morgan fingerprint density at radius 2 is 2.05 bits per heavy atom. The standard InChI is InChI=1S/C16H13N5O/c1-3-11(14-13(5-1)22-10-21-14)9-20-16-12(4-2-6-17-16)15-18-7-8-19-15/h1-8,10H,9H2,(H,17,20)(H,18,19). The van der Waals surface area contributed by atoms with Crippen LogP contribution in [0.15, 0.2) is 59.7 Å². The molecule has 0 aliphatic rings. The largest absolute Gasteiger partial charge is 0.443 e. The number of pyridine rings is 1. The van der Waals surface area contributed by atoms with Crippen LogP contribution in [0.3, 0.4) is 0 Å². The number of H-pyrrole nitrogens is 1. The number of hydrogen-bond acceptors (Lipinski definition) is 5. The van der Waals surface area contributed by atoms with Gasteiger partial charge in [-0.05, 0) is 18.2 Å². The zero-order chi connectivity index (χ0) is 14.8. The van der Waals surface area contributed by atoms with Crippen LogP contribution in [0.1, 0.15) is 5.56 Å². The SMILES string of the molecule is c1cnc(NCc2cccc3ocnc23)c(-c2ncc[nH]2)c1. The lowest BCUT2D eigenvalue weighted by Crippen LogP contribution is -2.03. The molecule has 6 nitrogen and oxygen atoms in total. The quantitative estimate of drug-likeness (QED) is 0.603. The van der Waals surface area contributed by atoms with E-state index < -0.39 is 0 Å². The molecule has 4 aromatic rings. The fourth-order valence-electron chi connectivity index (χ4n) is 2.42. The third kappa shape index (κ3) is 2.20. The lowest BCUT2D eigenvalue weighted by Gasteiger charge is -2.09. The molecule has 0 unspecified atom stereocenters. The Kier molecular flexibility index (Phi) is 3.05. The number of nitrogens with one attached hydrogen (secondary N) is 2. The number of aromatic nitrogens is 4. The number of nitrogens with zero attached hydrogens (tertiary/aromatic N) is 3. The first-order valence-corrected chi connectivity index (χ1v) is 6.91. The monoisotopic (exact) mass is 291 g/mol. The van der Waals surface area contributed by atoms with Gasteiger partial charge in [0, 0.05) is 30.7 Å². The smallest absolute Gasteiger partial charge is 0.181 e. The van der Waals surface area contributed by atoms with Gasteiger partial charge in [0.1, 0.15) is 17.2 Å². The van der Waals surface area contributed by atoms with Crippen LogP contribution >= 0.6 is 0 Å². The van der Waals surface area contributed by atoms with Crippen molar-refractivity contribution in [1.82, 2.24) is 19.9 Å². The molecular weight excluding hydrogens is 278 g/mol. The van der Waals surface area contributed by atoms with Gasteiger partial charge in [0.15, 0.2) is 12.0 Å². The van der Waals surface area contributed by atoms with Gasteiger partial charge in [-0.1, -0.05) is 12.1 Å². The molecule has 0 radical (unpaired) electrons. The van der Waals surface area contributed by atoms with Crippen molar-refractivity contribution in [1.29, 1.82) is 0 Å². The summed E-state index contributed by atoms with van der Waals surface area (Å²) in [5.74, 6) is 1.56. The molecule has 3 heterocycles. The highest BCUT2D eigenvalue weighted by molar-refractivity contribution is 5.77. The minimum absolute atomic E-state index is 0.606. The number of rotatable bonds is 4. The third-order valence-corrected chi connectivity index (χ3v) is 3.45. The van der Waals surface area contributed by atoms with Crippen LogP contribution in [0.25, 0.3) is 22.5 Å². The first-order valence-electron chi connectivity index (χ1n) is 6.91. The predicted octanol–water partition coefficient (Wildman–Crippen LogP) is 3.23. The molecule has 4 rings (SSSR count). The van der Waals surface area contributed by atoms with Gasteiger partial charge in [0.05, 0.1) is 5.56 Å². The average molecular weight is 291 g/mol. The summed E-state index contributed by atoms with van der Waals surface area (Å²) in [6.07, 6.45) is 6.74. The molecule has 2 N–H and O–H groups in total. The third-order valence-electron chi connectivity index (χ3n) is 3.45. The highest BCUT2D eigenvalue weighted by Gasteiger charge is 2.09. The number of hydrogen-bond donors (Lipinski definition) is 2. The van der Waals surface area contributed by atoms with E-state index >= 15 is 0 Å². The zero-order valence-corrected chi connectivity index (χ0v) is 11.7. The first kappa shape index (κ1) is 12.6. The van der Waals surface area contributed by atoms with E-state index in [9.17, 15) is 0 Å². The molecule has 0 saturated carbocycles. The Morgan fingerprint density at radius 1 is 1.05 bits per heavy atom. The van der Waals surface area contributed by atoms with Crippen LogP contribution in [0.4, 0.5) is 5.82 Å². The second-order valence-corrected chi connectivity index (χ2v) is 4.81. The molecule has 0 amide bonds. The van der Waals surface area contributed by atoms with Gasteiger partial charge in [-0.15, -0.1) is 0 Å². The minimum atomic E-state index is 0.606. The van der Waals surface area contributed by atoms with Gasteiger partial charge in [0.25, 0.3) is 0 Å². The van der Waals surface area contributed by atoms with E-state index in [1.165, 1.54) is 6.39 Å². The second-order valence-electron chi connectivity index (χ2n) is 4.81. The Bertz CT molecular complexity index is 898. The van der Waals surface area contributed by atoms with Gasteiger partial charge in [-0.2, -0.15) is 0 Å². The van der Waals surface area contributed by atoms with E-state index in [-0.39, 0.29) is 0 Å². The van der Waals surface area contributed by atoms with E-state index in [4.69, 9.17) is 4.42 Å². The van der Waals surface area contributed by atoms with Crippen molar-refractivity contribution in [3.05, 3.63) is 60.9 Å². The average Bonchev–Trinajstić information content (AvgIpc) is 3.24. The van der Waals surface area contributed by atoms with Crippen LogP contribution in [0, 0.1) is 0 Å². The Morgan fingerprint density at radius 3 is 2.95 bits per heavy atom. The Labute approximate surface area is 126 Å². The van der Waals surface area contributed by atoms with E-state index in [0.717, 1.165) is 33.9 Å². The molecule has 22 heavy (non-hydrogen) atoms. The summed E-state index contributed by atoms with van der Waals surface area (Å²) < 4.78 is 5.32. The van der Waals surface area contributed by atoms with Gasteiger partial charge >= 0.3 is 0 Å². The molecule has 0 spiro atoms. The Hall–Kier alpha value is -3.15. The maximum Gasteiger partial charge on any atom is 0.181 e. The number of fused-ring (bicyclic) bond motifs is 1. The molecule has 1 aromatic carbocycles. The Balaban J connectivity index is 1.64. The summed E-state index contributed by atoms with van der Waals surface area (Å²) >= 11 is 0. The minimum Gasteiger partial charge on any atom is -0.443 e. The number of anilines is 1. The zero-order valence-electron chi connectivity index (χ0n) is 11.7. The fraction of sp³-hybridized carbons (Fsp3) is 0.0625. The van der Waals surface area contributed by atoms with Gasteiger partial charge in [-0.25, -0.2) is 15.0 Å². The lowest BCUT2D eigenvalue weighted by molar-refractivity contribution is 0.602. The second kappa shape index (κ2) is 5.33. The molecular formula is C16H13N5O. The number of oxazole rings is 1. The summed E-state index contributed by atoms with van der Waals surface area (Å²) in [6.45, 7) is 0.606. The van der Waals surface area contributed by atoms with Crippen molar-refractivity contribution in [2.75, 3.05) is 5.32 Å². The molecule has 0 atom stereocenters. The molecule has 0 saturated heterocycles. The summed E-state index contributed by atoms with van der Waals surface area (Å²) in [5, 5.41) is 3.35. The van der Waals surface area contributed by atoms with Crippen LogP contribution in [-0.4, -0.2) is 19.9 Å². The maximum atomic E-state index is 5.32. The highest BCUT2D eigenvalue weighted by Crippen LogP contribution is 2.24. The van der Waals surface area contributed by atoms with Crippen molar-refractivity contribution in [3.8, 4) is 11.4 Å². The van der Waals surface area contributed by atoms with Crippen LogP contribution in [-0.2, 0) is 6.54 Å². The normalized spacial score (nSPS) is 10.9. The van der Waals surface area contributed by atoms with Crippen molar-refractivity contribution >= 4 is 16.9 Å². The van der Waals surface area contributed by atoms with Crippen LogP contribution in [0.5, 0.6) is 0 Å². The predicted molar refractivity (Wildman–Crippen MR) is 83.2 cm³/mol. The maximum absolute atomic E-state index is 5.32.